The van der Waals surface area contributed by atoms with E-state index in [1.165, 1.54) is 11.8 Å². The maximum absolute atomic E-state index is 12.2. The van der Waals surface area contributed by atoms with Gasteiger partial charge in [-0.05, 0) is 42.8 Å². The van der Waals surface area contributed by atoms with Gasteiger partial charge in [-0.3, -0.25) is 9.59 Å². The number of halogens is 3. The van der Waals surface area contributed by atoms with Crippen molar-refractivity contribution in [2.24, 2.45) is 0 Å². The van der Waals surface area contributed by atoms with Crippen LogP contribution in [0, 0.1) is 6.92 Å². The van der Waals surface area contributed by atoms with Gasteiger partial charge in [-0.15, -0.1) is 0 Å². The molecule has 2 rings (SSSR count). The minimum atomic E-state index is -0.254. The van der Waals surface area contributed by atoms with Crippen molar-refractivity contribution in [3.63, 3.8) is 0 Å². The molecular formula is C18H17Cl3N2O2. The van der Waals surface area contributed by atoms with Gasteiger partial charge in [0, 0.05) is 35.6 Å². The van der Waals surface area contributed by atoms with Crippen LogP contribution in [0.1, 0.15) is 18.9 Å². The highest BCUT2D eigenvalue weighted by atomic mass is 35.5. The summed E-state index contributed by atoms with van der Waals surface area (Å²) in [4.78, 5) is 25.7. The summed E-state index contributed by atoms with van der Waals surface area (Å²) in [5.41, 5.74) is 2.07. The van der Waals surface area contributed by atoms with Crippen molar-refractivity contribution in [1.82, 2.24) is 0 Å². The molecule has 0 radical (unpaired) electrons. The number of hydrogen-bond donors (Lipinski definition) is 1. The van der Waals surface area contributed by atoms with Crippen LogP contribution in [0.2, 0.25) is 15.1 Å². The molecule has 1 N–H and O–H groups in total. The van der Waals surface area contributed by atoms with Gasteiger partial charge in [-0.25, -0.2) is 0 Å². The first-order valence-electron chi connectivity index (χ1n) is 7.57. The van der Waals surface area contributed by atoms with Gasteiger partial charge in [0.1, 0.15) is 0 Å². The molecule has 2 aromatic rings. The number of aryl methyl sites for hydroxylation is 1. The highest BCUT2D eigenvalue weighted by Gasteiger charge is 2.16. The van der Waals surface area contributed by atoms with Crippen LogP contribution in [-0.4, -0.2) is 18.4 Å². The SMILES string of the molecule is CC(=O)N(CCC(=O)Nc1ccc(Cl)cc1Cl)c1cc(Cl)ccc1C. The van der Waals surface area contributed by atoms with E-state index in [1.807, 2.05) is 13.0 Å². The second-order valence-corrected chi connectivity index (χ2v) is 6.80. The molecule has 25 heavy (non-hydrogen) atoms. The molecule has 0 saturated carbocycles. The second kappa shape index (κ2) is 8.56. The Morgan fingerprint density at radius 2 is 1.68 bits per heavy atom. The number of nitrogens with one attached hydrogen (secondary N) is 1. The van der Waals surface area contributed by atoms with Crippen LogP contribution in [0.5, 0.6) is 0 Å². The number of hydrogen-bond acceptors (Lipinski definition) is 2. The third-order valence-corrected chi connectivity index (χ3v) is 4.39. The highest BCUT2D eigenvalue weighted by molar-refractivity contribution is 6.36. The predicted molar refractivity (Wildman–Crippen MR) is 104 cm³/mol. The zero-order chi connectivity index (χ0) is 18.6. The molecule has 0 aliphatic carbocycles. The van der Waals surface area contributed by atoms with Crippen LogP contribution in [0.25, 0.3) is 0 Å². The number of nitrogens with zero attached hydrogens (tertiary/aromatic N) is 1. The minimum absolute atomic E-state index is 0.116. The van der Waals surface area contributed by atoms with Crippen LogP contribution in [-0.2, 0) is 9.59 Å². The Morgan fingerprint density at radius 3 is 2.32 bits per heavy atom. The van der Waals surface area contributed by atoms with E-state index < -0.39 is 0 Å². The van der Waals surface area contributed by atoms with E-state index >= 15 is 0 Å². The van der Waals surface area contributed by atoms with Crippen molar-refractivity contribution in [2.45, 2.75) is 20.3 Å². The first kappa shape index (κ1) is 19.6. The van der Waals surface area contributed by atoms with Crippen LogP contribution in [0.15, 0.2) is 36.4 Å². The van der Waals surface area contributed by atoms with E-state index in [0.717, 1.165) is 5.56 Å². The zero-order valence-electron chi connectivity index (χ0n) is 13.8. The lowest BCUT2D eigenvalue weighted by atomic mass is 10.1. The molecule has 2 aromatic carbocycles. The second-order valence-electron chi connectivity index (χ2n) is 5.52. The first-order valence-corrected chi connectivity index (χ1v) is 8.70. The molecule has 0 bridgehead atoms. The average molecular weight is 400 g/mol. The lowest BCUT2D eigenvalue weighted by molar-refractivity contribution is -0.117. The fraction of sp³-hybridized carbons (Fsp3) is 0.222. The van der Waals surface area contributed by atoms with Crippen LogP contribution in [0.4, 0.5) is 11.4 Å². The normalized spacial score (nSPS) is 10.4. The van der Waals surface area contributed by atoms with Crippen LogP contribution >= 0.6 is 34.8 Å². The highest BCUT2D eigenvalue weighted by Crippen LogP contribution is 2.26. The summed E-state index contributed by atoms with van der Waals surface area (Å²) in [6.45, 7) is 3.57. The Hall–Kier alpha value is -1.75. The van der Waals surface area contributed by atoms with Gasteiger partial charge in [0.25, 0.3) is 0 Å². The van der Waals surface area contributed by atoms with Crippen molar-refractivity contribution >= 4 is 58.0 Å². The van der Waals surface area contributed by atoms with E-state index in [-0.39, 0.29) is 24.8 Å². The topological polar surface area (TPSA) is 49.4 Å². The third-order valence-electron chi connectivity index (χ3n) is 3.61. The number of carbonyl (C=O) groups is 2. The van der Waals surface area contributed by atoms with E-state index in [0.29, 0.717) is 26.4 Å². The van der Waals surface area contributed by atoms with Gasteiger partial charge in [0.05, 0.1) is 10.7 Å². The summed E-state index contributed by atoms with van der Waals surface area (Å²) in [7, 11) is 0. The van der Waals surface area contributed by atoms with Gasteiger partial charge in [-0.2, -0.15) is 0 Å². The Morgan fingerprint density at radius 1 is 1.04 bits per heavy atom. The molecule has 0 aliphatic heterocycles. The zero-order valence-corrected chi connectivity index (χ0v) is 16.0. The summed E-state index contributed by atoms with van der Waals surface area (Å²) >= 11 is 17.9. The molecule has 0 saturated heterocycles. The average Bonchev–Trinajstić information content (AvgIpc) is 2.53. The van der Waals surface area contributed by atoms with Crippen molar-refractivity contribution in [3.05, 3.63) is 57.0 Å². The molecule has 0 atom stereocenters. The van der Waals surface area contributed by atoms with Crippen LogP contribution in [0.3, 0.4) is 0 Å². The molecule has 0 unspecified atom stereocenters. The van der Waals surface area contributed by atoms with Crippen molar-refractivity contribution in [1.29, 1.82) is 0 Å². The van der Waals surface area contributed by atoms with E-state index in [4.69, 9.17) is 34.8 Å². The van der Waals surface area contributed by atoms with Gasteiger partial charge in [-0.1, -0.05) is 40.9 Å². The maximum atomic E-state index is 12.2. The molecule has 0 heterocycles. The van der Waals surface area contributed by atoms with Crippen molar-refractivity contribution < 1.29 is 9.59 Å². The Labute approximate surface area is 161 Å². The van der Waals surface area contributed by atoms with Gasteiger partial charge < -0.3 is 10.2 Å². The lowest BCUT2D eigenvalue weighted by Crippen LogP contribution is -2.32. The quantitative estimate of drug-likeness (QED) is 0.738. The minimum Gasteiger partial charge on any atom is -0.325 e. The fourth-order valence-electron chi connectivity index (χ4n) is 2.34. The van der Waals surface area contributed by atoms with E-state index in [9.17, 15) is 9.59 Å². The fourth-order valence-corrected chi connectivity index (χ4v) is 2.96. The summed E-state index contributed by atoms with van der Waals surface area (Å²) in [6.07, 6.45) is 0.116. The number of anilines is 2. The molecular weight excluding hydrogens is 383 g/mol. The summed E-state index contributed by atoms with van der Waals surface area (Å²) in [5, 5.41) is 4.09. The number of rotatable bonds is 5. The van der Waals surface area contributed by atoms with E-state index in [2.05, 4.69) is 5.32 Å². The smallest absolute Gasteiger partial charge is 0.226 e. The Kier molecular flexibility index (Phi) is 6.71. The molecule has 0 aromatic heterocycles. The van der Waals surface area contributed by atoms with E-state index in [1.54, 1.807) is 30.3 Å². The molecule has 7 heteroatoms. The maximum Gasteiger partial charge on any atom is 0.226 e. The molecule has 4 nitrogen and oxygen atoms in total. The first-order chi connectivity index (χ1) is 11.8. The Balaban J connectivity index is 2.07. The molecule has 0 aliphatic rings. The monoisotopic (exact) mass is 398 g/mol. The number of amides is 2. The lowest BCUT2D eigenvalue weighted by Gasteiger charge is -2.23. The van der Waals surface area contributed by atoms with Gasteiger partial charge >= 0.3 is 0 Å². The number of benzene rings is 2. The molecule has 132 valence electrons. The predicted octanol–water partition coefficient (Wildman–Crippen LogP) is 5.34. The van der Waals surface area contributed by atoms with Crippen LogP contribution < -0.4 is 10.2 Å². The summed E-state index contributed by atoms with van der Waals surface area (Å²) in [6, 6.07) is 10.1. The summed E-state index contributed by atoms with van der Waals surface area (Å²) in [5.74, 6) is -0.419. The molecule has 0 fully saturated rings. The third kappa shape index (κ3) is 5.36. The molecule has 0 spiro atoms. The van der Waals surface area contributed by atoms with Crippen molar-refractivity contribution in [2.75, 3.05) is 16.8 Å². The summed E-state index contributed by atoms with van der Waals surface area (Å²) < 4.78 is 0. The van der Waals surface area contributed by atoms with Gasteiger partial charge in [0.15, 0.2) is 0 Å². The molecule has 2 amide bonds. The largest absolute Gasteiger partial charge is 0.325 e. The standard InChI is InChI=1S/C18H17Cl3N2O2/c1-11-3-4-14(20)10-17(11)23(12(2)24)8-7-18(25)22-16-6-5-13(19)9-15(16)21/h3-6,9-10H,7-8H2,1-2H3,(H,22,25). The van der Waals surface area contributed by atoms with Gasteiger partial charge in [0.2, 0.25) is 11.8 Å². The number of carbonyl (C=O) groups excluding carboxylic acids is 2. The van der Waals surface area contributed by atoms with Crippen molar-refractivity contribution in [3.8, 4) is 0 Å². The Bertz CT molecular complexity index is 809.